The second-order valence-electron chi connectivity index (χ2n) is 6.71. The molecule has 2 aromatic heterocycles. The zero-order chi connectivity index (χ0) is 18.6. The van der Waals surface area contributed by atoms with Gasteiger partial charge >= 0.3 is 0 Å². The number of nitrogens with one attached hydrogen (secondary N) is 1. The molecule has 0 aliphatic heterocycles. The van der Waals surface area contributed by atoms with Gasteiger partial charge in [-0.15, -0.1) is 0 Å². The molecular weight excluding hydrogens is 334 g/mol. The minimum atomic E-state index is 0.0173. The Bertz CT molecular complexity index is 1060. The number of carbonyl (C=O) groups is 1. The molecule has 2 aromatic carbocycles. The number of fused-ring (bicyclic) bond motifs is 1. The SMILES string of the molecule is Cc1cccc(CCC(=O)Nc2cccc(-c3cn4ccccc4n3)c2)c1. The van der Waals surface area contributed by atoms with Crippen LogP contribution in [0.1, 0.15) is 17.5 Å². The van der Waals surface area contributed by atoms with Gasteiger partial charge in [-0.2, -0.15) is 0 Å². The summed E-state index contributed by atoms with van der Waals surface area (Å²) in [4.78, 5) is 17.0. The van der Waals surface area contributed by atoms with Crippen molar-refractivity contribution >= 4 is 17.2 Å². The Morgan fingerprint density at radius 2 is 1.93 bits per heavy atom. The number of rotatable bonds is 5. The Balaban J connectivity index is 1.45. The van der Waals surface area contributed by atoms with Crippen LogP contribution in [0.15, 0.2) is 79.1 Å². The van der Waals surface area contributed by atoms with Gasteiger partial charge in [-0.3, -0.25) is 4.79 Å². The summed E-state index contributed by atoms with van der Waals surface area (Å²) < 4.78 is 1.99. The quantitative estimate of drug-likeness (QED) is 0.554. The van der Waals surface area contributed by atoms with Crippen LogP contribution in [0.2, 0.25) is 0 Å². The molecule has 0 radical (unpaired) electrons. The van der Waals surface area contributed by atoms with Crippen molar-refractivity contribution < 1.29 is 4.79 Å². The van der Waals surface area contributed by atoms with E-state index in [0.717, 1.165) is 29.0 Å². The van der Waals surface area contributed by atoms with Crippen molar-refractivity contribution in [2.24, 2.45) is 0 Å². The van der Waals surface area contributed by atoms with E-state index in [4.69, 9.17) is 0 Å². The molecule has 4 aromatic rings. The monoisotopic (exact) mass is 355 g/mol. The number of amides is 1. The summed E-state index contributed by atoms with van der Waals surface area (Å²) >= 11 is 0. The lowest BCUT2D eigenvalue weighted by Gasteiger charge is -2.07. The van der Waals surface area contributed by atoms with E-state index in [0.29, 0.717) is 6.42 Å². The Hall–Kier alpha value is -3.40. The number of hydrogen-bond acceptors (Lipinski definition) is 2. The van der Waals surface area contributed by atoms with Crippen LogP contribution in [-0.2, 0) is 11.2 Å². The fourth-order valence-corrected chi connectivity index (χ4v) is 3.18. The average Bonchev–Trinajstić information content (AvgIpc) is 3.11. The molecule has 0 saturated carbocycles. The molecule has 0 spiro atoms. The number of benzene rings is 2. The molecule has 0 bridgehead atoms. The summed E-state index contributed by atoms with van der Waals surface area (Å²) in [6.45, 7) is 2.06. The predicted octanol–water partition coefficient (Wildman–Crippen LogP) is 4.88. The first-order chi connectivity index (χ1) is 13.2. The highest BCUT2D eigenvalue weighted by atomic mass is 16.1. The largest absolute Gasteiger partial charge is 0.326 e. The average molecular weight is 355 g/mol. The Labute approximate surface area is 158 Å². The number of anilines is 1. The van der Waals surface area contributed by atoms with Crippen LogP contribution in [0.5, 0.6) is 0 Å². The fourth-order valence-electron chi connectivity index (χ4n) is 3.18. The highest BCUT2D eigenvalue weighted by molar-refractivity contribution is 5.91. The minimum Gasteiger partial charge on any atom is -0.326 e. The van der Waals surface area contributed by atoms with Gasteiger partial charge in [0, 0.05) is 30.1 Å². The van der Waals surface area contributed by atoms with E-state index >= 15 is 0 Å². The van der Waals surface area contributed by atoms with Crippen LogP contribution in [0, 0.1) is 6.92 Å². The van der Waals surface area contributed by atoms with E-state index < -0.39 is 0 Å². The second-order valence-corrected chi connectivity index (χ2v) is 6.71. The second kappa shape index (κ2) is 7.46. The summed E-state index contributed by atoms with van der Waals surface area (Å²) in [5.74, 6) is 0.0173. The van der Waals surface area contributed by atoms with Crippen LogP contribution < -0.4 is 5.32 Å². The number of hydrogen-bond donors (Lipinski definition) is 1. The molecule has 0 saturated heterocycles. The molecule has 2 heterocycles. The maximum Gasteiger partial charge on any atom is 0.224 e. The van der Waals surface area contributed by atoms with E-state index in [2.05, 4.69) is 35.4 Å². The molecule has 4 heteroatoms. The van der Waals surface area contributed by atoms with Crippen molar-refractivity contribution in [3.63, 3.8) is 0 Å². The molecule has 0 fully saturated rings. The van der Waals surface area contributed by atoms with Crippen LogP contribution in [0.3, 0.4) is 0 Å². The van der Waals surface area contributed by atoms with Gasteiger partial charge in [0.05, 0.1) is 5.69 Å². The molecule has 0 unspecified atom stereocenters. The summed E-state index contributed by atoms with van der Waals surface area (Å²) in [7, 11) is 0. The number of pyridine rings is 1. The normalized spacial score (nSPS) is 10.9. The van der Waals surface area contributed by atoms with E-state index in [1.807, 2.05) is 65.3 Å². The molecule has 0 atom stereocenters. The maximum atomic E-state index is 12.3. The molecule has 0 aliphatic rings. The third-order valence-electron chi connectivity index (χ3n) is 4.53. The standard InChI is InChI=1S/C23H21N3O/c1-17-6-4-7-18(14-17)11-12-23(27)24-20-9-5-8-19(15-20)21-16-26-13-3-2-10-22(26)25-21/h2-10,13-16H,11-12H2,1H3,(H,24,27). The topological polar surface area (TPSA) is 46.4 Å². The van der Waals surface area contributed by atoms with Crippen LogP contribution in [0.4, 0.5) is 5.69 Å². The van der Waals surface area contributed by atoms with Gasteiger partial charge in [0.15, 0.2) is 0 Å². The van der Waals surface area contributed by atoms with E-state index in [9.17, 15) is 4.79 Å². The highest BCUT2D eigenvalue weighted by Crippen LogP contribution is 2.22. The van der Waals surface area contributed by atoms with E-state index in [1.165, 1.54) is 11.1 Å². The molecule has 0 aliphatic carbocycles. The van der Waals surface area contributed by atoms with E-state index in [1.54, 1.807) is 0 Å². The summed E-state index contributed by atoms with van der Waals surface area (Å²) in [5.41, 5.74) is 5.96. The summed E-state index contributed by atoms with van der Waals surface area (Å²) in [6.07, 6.45) is 5.17. The Morgan fingerprint density at radius 3 is 2.78 bits per heavy atom. The van der Waals surface area contributed by atoms with Gasteiger partial charge in [-0.25, -0.2) is 4.98 Å². The third-order valence-corrected chi connectivity index (χ3v) is 4.53. The number of imidazole rings is 1. The van der Waals surface area contributed by atoms with Crippen molar-refractivity contribution in [3.05, 3.63) is 90.3 Å². The zero-order valence-corrected chi connectivity index (χ0v) is 15.2. The smallest absolute Gasteiger partial charge is 0.224 e. The Morgan fingerprint density at radius 1 is 1.04 bits per heavy atom. The van der Waals surface area contributed by atoms with Crippen LogP contribution in [-0.4, -0.2) is 15.3 Å². The molecule has 134 valence electrons. The van der Waals surface area contributed by atoms with Gasteiger partial charge < -0.3 is 9.72 Å². The number of carbonyl (C=O) groups excluding carboxylic acids is 1. The molecule has 27 heavy (non-hydrogen) atoms. The molecule has 1 N–H and O–H groups in total. The summed E-state index contributed by atoms with van der Waals surface area (Å²) in [6, 6.07) is 22.0. The van der Waals surface area contributed by atoms with Crippen LogP contribution >= 0.6 is 0 Å². The van der Waals surface area contributed by atoms with Crippen molar-refractivity contribution in [1.82, 2.24) is 9.38 Å². The van der Waals surface area contributed by atoms with Gasteiger partial charge in [-0.05, 0) is 43.2 Å². The van der Waals surface area contributed by atoms with Crippen molar-refractivity contribution in [2.45, 2.75) is 19.8 Å². The van der Waals surface area contributed by atoms with Crippen molar-refractivity contribution in [2.75, 3.05) is 5.32 Å². The first kappa shape index (κ1) is 17.0. The Kier molecular flexibility index (Phi) is 4.71. The minimum absolute atomic E-state index is 0.0173. The van der Waals surface area contributed by atoms with Gasteiger partial charge in [-0.1, -0.05) is 48.0 Å². The summed E-state index contributed by atoms with van der Waals surface area (Å²) in [5, 5.41) is 3.00. The highest BCUT2D eigenvalue weighted by Gasteiger charge is 2.07. The van der Waals surface area contributed by atoms with E-state index in [-0.39, 0.29) is 5.91 Å². The lowest BCUT2D eigenvalue weighted by Crippen LogP contribution is -2.12. The lowest BCUT2D eigenvalue weighted by atomic mass is 10.1. The predicted molar refractivity (Wildman–Crippen MR) is 109 cm³/mol. The van der Waals surface area contributed by atoms with Gasteiger partial charge in [0.1, 0.15) is 5.65 Å². The third kappa shape index (κ3) is 4.06. The fraction of sp³-hybridized carbons (Fsp3) is 0.130. The molecule has 1 amide bonds. The van der Waals surface area contributed by atoms with Gasteiger partial charge in [0.25, 0.3) is 0 Å². The number of aromatic nitrogens is 2. The number of aryl methyl sites for hydroxylation is 2. The maximum absolute atomic E-state index is 12.3. The first-order valence-electron chi connectivity index (χ1n) is 9.07. The van der Waals surface area contributed by atoms with Crippen molar-refractivity contribution in [1.29, 1.82) is 0 Å². The molecular formula is C23H21N3O. The molecule has 4 nitrogen and oxygen atoms in total. The molecule has 4 rings (SSSR count). The van der Waals surface area contributed by atoms with Crippen molar-refractivity contribution in [3.8, 4) is 11.3 Å². The lowest BCUT2D eigenvalue weighted by molar-refractivity contribution is -0.116. The number of nitrogens with zero attached hydrogens (tertiary/aromatic N) is 2. The van der Waals surface area contributed by atoms with Gasteiger partial charge in [0.2, 0.25) is 5.91 Å². The van der Waals surface area contributed by atoms with Crippen LogP contribution in [0.25, 0.3) is 16.9 Å². The zero-order valence-electron chi connectivity index (χ0n) is 15.2. The first-order valence-corrected chi connectivity index (χ1v) is 9.07.